The highest BCUT2D eigenvalue weighted by Crippen LogP contribution is 2.34. The largest absolute Gasteiger partial charge is 0.468 e. The molecule has 0 bridgehead atoms. The molecule has 2 heterocycles. The molecule has 19 heavy (non-hydrogen) atoms. The molecule has 1 aromatic carbocycles. The lowest BCUT2D eigenvalue weighted by atomic mass is 10.2. The maximum atomic E-state index is 14.0. The van der Waals surface area contributed by atoms with Gasteiger partial charge in [0.25, 0.3) is 0 Å². The van der Waals surface area contributed by atoms with Crippen LogP contribution in [0.1, 0.15) is 5.76 Å². The molecule has 0 aliphatic rings. The molecule has 0 saturated heterocycles. The van der Waals surface area contributed by atoms with Crippen LogP contribution in [0.15, 0.2) is 52.1 Å². The Balaban J connectivity index is 2.02. The van der Waals surface area contributed by atoms with Crippen LogP contribution in [-0.4, -0.2) is 4.98 Å². The monoisotopic (exact) mass is 274 g/mol. The number of aromatic nitrogens is 1. The summed E-state index contributed by atoms with van der Waals surface area (Å²) in [5.74, 6) is 1.00. The van der Waals surface area contributed by atoms with Gasteiger partial charge in [0, 0.05) is 17.3 Å². The lowest BCUT2D eigenvalue weighted by molar-refractivity contribution is 0.530. The number of anilines is 1. The minimum atomic E-state index is -0.347. The summed E-state index contributed by atoms with van der Waals surface area (Å²) in [6.07, 6.45) is 3.24. The van der Waals surface area contributed by atoms with Crippen molar-refractivity contribution in [3.05, 3.63) is 54.4 Å². The van der Waals surface area contributed by atoms with E-state index in [2.05, 4.69) is 4.98 Å². The molecule has 2 N–H and O–H groups in total. The number of hydrogen-bond acceptors (Lipinski definition) is 4. The van der Waals surface area contributed by atoms with Crippen LogP contribution in [0.4, 0.5) is 10.1 Å². The minimum absolute atomic E-state index is 0.347. The molecule has 0 amide bonds. The summed E-state index contributed by atoms with van der Waals surface area (Å²) in [4.78, 5) is 4.73. The first-order valence-electron chi connectivity index (χ1n) is 5.73. The number of hydrogen-bond donors (Lipinski definition) is 1. The number of halogens is 1. The summed E-state index contributed by atoms with van der Waals surface area (Å²) in [6, 6.07) is 8.64. The van der Waals surface area contributed by atoms with Crippen molar-refractivity contribution in [1.29, 1.82) is 0 Å². The standard InChI is InChI=1S/C14H11FN2OS/c15-11-7-12(16)10-4-1-5-17-13(10)14(11)19-8-9-3-2-6-18-9/h1-7H,8,16H2. The number of rotatable bonds is 3. The maximum Gasteiger partial charge on any atom is 0.141 e. The van der Waals surface area contributed by atoms with E-state index in [-0.39, 0.29) is 5.82 Å². The molecule has 3 rings (SSSR count). The van der Waals surface area contributed by atoms with Gasteiger partial charge in [0.2, 0.25) is 0 Å². The third-order valence-corrected chi connectivity index (χ3v) is 3.88. The molecule has 0 saturated carbocycles. The van der Waals surface area contributed by atoms with Crippen LogP contribution in [0.5, 0.6) is 0 Å². The van der Waals surface area contributed by atoms with Crippen molar-refractivity contribution in [2.45, 2.75) is 10.6 Å². The van der Waals surface area contributed by atoms with E-state index in [0.29, 0.717) is 21.9 Å². The topological polar surface area (TPSA) is 52.0 Å². The molecule has 0 radical (unpaired) electrons. The minimum Gasteiger partial charge on any atom is -0.468 e. The van der Waals surface area contributed by atoms with Crippen LogP contribution in [0.3, 0.4) is 0 Å². The van der Waals surface area contributed by atoms with Gasteiger partial charge in [0.1, 0.15) is 11.6 Å². The summed E-state index contributed by atoms with van der Waals surface area (Å²) in [7, 11) is 0. The SMILES string of the molecule is Nc1cc(F)c(SCc2ccco2)c2ncccc12. The number of nitrogens with zero attached hydrogens (tertiary/aromatic N) is 1. The van der Waals surface area contributed by atoms with Gasteiger partial charge in [0.05, 0.1) is 22.4 Å². The van der Waals surface area contributed by atoms with E-state index in [0.717, 1.165) is 11.1 Å². The lowest BCUT2D eigenvalue weighted by Gasteiger charge is -2.08. The number of nitrogen functional groups attached to an aromatic ring is 1. The first-order valence-corrected chi connectivity index (χ1v) is 6.72. The normalized spacial score (nSPS) is 11.0. The van der Waals surface area contributed by atoms with Gasteiger partial charge in [-0.2, -0.15) is 0 Å². The molecule has 0 unspecified atom stereocenters. The number of benzene rings is 1. The van der Waals surface area contributed by atoms with E-state index in [1.165, 1.54) is 17.8 Å². The van der Waals surface area contributed by atoms with E-state index in [1.54, 1.807) is 18.5 Å². The van der Waals surface area contributed by atoms with Crippen molar-refractivity contribution in [2.24, 2.45) is 0 Å². The second kappa shape index (κ2) is 4.93. The molecule has 0 atom stereocenters. The lowest BCUT2D eigenvalue weighted by Crippen LogP contribution is -1.94. The first-order chi connectivity index (χ1) is 9.25. The molecule has 2 aromatic heterocycles. The molecule has 3 aromatic rings. The van der Waals surface area contributed by atoms with Crippen molar-refractivity contribution >= 4 is 28.4 Å². The van der Waals surface area contributed by atoms with Gasteiger partial charge < -0.3 is 10.2 Å². The zero-order valence-corrected chi connectivity index (χ0v) is 10.8. The van der Waals surface area contributed by atoms with Crippen molar-refractivity contribution in [2.75, 3.05) is 5.73 Å². The third kappa shape index (κ3) is 2.29. The third-order valence-electron chi connectivity index (χ3n) is 2.77. The second-order valence-corrected chi connectivity index (χ2v) is 5.03. The molecular formula is C14H11FN2OS. The molecular weight excluding hydrogens is 263 g/mol. The molecule has 0 aliphatic carbocycles. The van der Waals surface area contributed by atoms with E-state index >= 15 is 0 Å². The number of thioether (sulfide) groups is 1. The number of nitrogens with two attached hydrogens (primary N) is 1. The summed E-state index contributed by atoms with van der Waals surface area (Å²) < 4.78 is 19.3. The number of pyridine rings is 1. The van der Waals surface area contributed by atoms with Crippen LogP contribution in [0.25, 0.3) is 10.9 Å². The van der Waals surface area contributed by atoms with E-state index in [4.69, 9.17) is 10.2 Å². The first kappa shape index (κ1) is 12.0. The van der Waals surface area contributed by atoms with Gasteiger partial charge in [-0.25, -0.2) is 4.39 Å². The summed E-state index contributed by atoms with van der Waals surface area (Å²) in [6.45, 7) is 0. The Labute approximate surface area is 113 Å². The van der Waals surface area contributed by atoms with E-state index in [1.807, 2.05) is 18.2 Å². The average Bonchev–Trinajstić information content (AvgIpc) is 2.92. The highest BCUT2D eigenvalue weighted by Gasteiger charge is 2.13. The Morgan fingerprint density at radius 3 is 3.00 bits per heavy atom. The summed E-state index contributed by atoms with van der Waals surface area (Å²) in [5.41, 5.74) is 6.81. The van der Waals surface area contributed by atoms with Gasteiger partial charge in [-0.1, -0.05) is 0 Å². The molecule has 3 nitrogen and oxygen atoms in total. The van der Waals surface area contributed by atoms with Crippen LogP contribution in [0.2, 0.25) is 0 Å². The van der Waals surface area contributed by atoms with Gasteiger partial charge >= 0.3 is 0 Å². The Kier molecular flexibility index (Phi) is 3.13. The van der Waals surface area contributed by atoms with Gasteiger partial charge in [-0.05, 0) is 30.3 Å². The van der Waals surface area contributed by atoms with Gasteiger partial charge in [0.15, 0.2) is 0 Å². The fourth-order valence-corrected chi connectivity index (χ4v) is 2.83. The van der Waals surface area contributed by atoms with Crippen molar-refractivity contribution < 1.29 is 8.81 Å². The quantitative estimate of drug-likeness (QED) is 0.582. The maximum absolute atomic E-state index is 14.0. The van der Waals surface area contributed by atoms with Crippen molar-refractivity contribution in [3.8, 4) is 0 Å². The highest BCUT2D eigenvalue weighted by atomic mass is 32.2. The van der Waals surface area contributed by atoms with E-state index < -0.39 is 0 Å². The Morgan fingerprint density at radius 2 is 2.21 bits per heavy atom. The molecule has 0 spiro atoms. The highest BCUT2D eigenvalue weighted by molar-refractivity contribution is 7.98. The zero-order chi connectivity index (χ0) is 13.2. The predicted molar refractivity (Wildman–Crippen MR) is 74.4 cm³/mol. The van der Waals surface area contributed by atoms with Crippen LogP contribution < -0.4 is 5.73 Å². The molecule has 5 heteroatoms. The predicted octanol–water partition coefficient (Wildman–Crippen LogP) is 3.84. The summed E-state index contributed by atoms with van der Waals surface area (Å²) >= 11 is 1.36. The van der Waals surface area contributed by atoms with Crippen LogP contribution >= 0.6 is 11.8 Å². The number of furan rings is 1. The van der Waals surface area contributed by atoms with Gasteiger partial charge in [-0.3, -0.25) is 4.98 Å². The fourth-order valence-electron chi connectivity index (χ4n) is 1.89. The smallest absolute Gasteiger partial charge is 0.141 e. The van der Waals surface area contributed by atoms with Crippen LogP contribution in [-0.2, 0) is 5.75 Å². The van der Waals surface area contributed by atoms with Crippen molar-refractivity contribution in [1.82, 2.24) is 4.98 Å². The van der Waals surface area contributed by atoms with Crippen molar-refractivity contribution in [3.63, 3.8) is 0 Å². The molecule has 96 valence electrons. The molecule has 0 fully saturated rings. The van der Waals surface area contributed by atoms with E-state index in [9.17, 15) is 4.39 Å². The fraction of sp³-hybridized carbons (Fsp3) is 0.0714. The van der Waals surface area contributed by atoms with Crippen LogP contribution in [0, 0.1) is 5.82 Å². The average molecular weight is 274 g/mol. The Hall–Kier alpha value is -2.01. The summed E-state index contributed by atoms with van der Waals surface area (Å²) in [5, 5.41) is 0.769. The second-order valence-electron chi connectivity index (χ2n) is 4.04. The Morgan fingerprint density at radius 1 is 1.32 bits per heavy atom. The van der Waals surface area contributed by atoms with Gasteiger partial charge in [-0.15, -0.1) is 11.8 Å². The Bertz CT molecular complexity index is 713. The number of fused-ring (bicyclic) bond motifs is 1. The zero-order valence-electron chi connectivity index (χ0n) is 9.97. The molecule has 0 aliphatic heterocycles.